The number of hydrogen-bond acceptors (Lipinski definition) is 4. The number of amides is 1. The molecular weight excluding hydrogens is 288 g/mol. The summed E-state index contributed by atoms with van der Waals surface area (Å²) < 4.78 is 0. The molecule has 5 heteroatoms. The number of nitrogens with zero attached hydrogens (tertiary/aromatic N) is 4. The molecule has 0 aromatic carbocycles. The van der Waals surface area contributed by atoms with Gasteiger partial charge >= 0.3 is 0 Å². The number of carbonyl (C=O) groups is 1. The summed E-state index contributed by atoms with van der Waals surface area (Å²) in [7, 11) is 0. The quantitative estimate of drug-likeness (QED) is 0.809. The van der Waals surface area contributed by atoms with Gasteiger partial charge in [0.2, 0.25) is 5.91 Å². The monoisotopic (exact) mass is 316 g/mol. The maximum atomic E-state index is 12.2. The van der Waals surface area contributed by atoms with Gasteiger partial charge in [0.25, 0.3) is 0 Å². The van der Waals surface area contributed by atoms with Crippen molar-refractivity contribution < 1.29 is 4.79 Å². The molecule has 2 aliphatic heterocycles. The lowest BCUT2D eigenvalue weighted by Gasteiger charge is -2.44. The van der Waals surface area contributed by atoms with Gasteiger partial charge in [-0.3, -0.25) is 4.79 Å². The minimum absolute atomic E-state index is 0.349. The summed E-state index contributed by atoms with van der Waals surface area (Å²) >= 11 is 0. The SMILES string of the molecule is CC(C)C1CN(C(=O)CC[C@H](C)C2CN(c3cncnc3)C2)C1. The zero-order chi connectivity index (χ0) is 16.4. The van der Waals surface area contributed by atoms with E-state index in [1.807, 2.05) is 17.3 Å². The molecule has 0 unspecified atom stereocenters. The van der Waals surface area contributed by atoms with Crippen LogP contribution in [0.5, 0.6) is 0 Å². The number of likely N-dealkylation sites (tertiary alicyclic amines) is 1. The Labute approximate surface area is 139 Å². The van der Waals surface area contributed by atoms with Crippen LogP contribution in [0.4, 0.5) is 5.69 Å². The fraction of sp³-hybridized carbons (Fsp3) is 0.722. The maximum absolute atomic E-state index is 12.2. The normalized spacial score (nSPS) is 20.3. The Morgan fingerprint density at radius 1 is 1.13 bits per heavy atom. The zero-order valence-electron chi connectivity index (χ0n) is 14.5. The molecule has 3 rings (SSSR count). The third kappa shape index (κ3) is 3.65. The molecule has 23 heavy (non-hydrogen) atoms. The topological polar surface area (TPSA) is 49.3 Å². The average Bonchev–Trinajstić information content (AvgIpc) is 2.42. The van der Waals surface area contributed by atoms with Crippen LogP contribution in [0.2, 0.25) is 0 Å². The van der Waals surface area contributed by atoms with Crippen LogP contribution in [0, 0.1) is 23.7 Å². The van der Waals surface area contributed by atoms with E-state index < -0.39 is 0 Å². The van der Waals surface area contributed by atoms with Crippen molar-refractivity contribution in [3.8, 4) is 0 Å². The van der Waals surface area contributed by atoms with Gasteiger partial charge in [-0.2, -0.15) is 0 Å². The number of hydrogen-bond donors (Lipinski definition) is 0. The van der Waals surface area contributed by atoms with Crippen molar-refractivity contribution >= 4 is 11.6 Å². The van der Waals surface area contributed by atoms with Gasteiger partial charge in [-0.05, 0) is 30.1 Å². The fourth-order valence-corrected chi connectivity index (χ4v) is 3.42. The maximum Gasteiger partial charge on any atom is 0.222 e. The first-order valence-electron chi connectivity index (χ1n) is 8.82. The Hall–Kier alpha value is -1.65. The molecule has 0 spiro atoms. The number of anilines is 1. The summed E-state index contributed by atoms with van der Waals surface area (Å²) in [6.45, 7) is 10.8. The predicted molar refractivity (Wildman–Crippen MR) is 91.0 cm³/mol. The average molecular weight is 316 g/mol. The van der Waals surface area contributed by atoms with Crippen molar-refractivity contribution in [3.63, 3.8) is 0 Å². The van der Waals surface area contributed by atoms with Crippen LogP contribution in [0.25, 0.3) is 0 Å². The summed E-state index contributed by atoms with van der Waals surface area (Å²) in [5, 5.41) is 0. The van der Waals surface area contributed by atoms with E-state index in [-0.39, 0.29) is 0 Å². The molecule has 1 aromatic heterocycles. The first-order chi connectivity index (χ1) is 11.0. The standard InChI is InChI=1S/C18H28N4O/c1-13(2)15-8-22(9-15)18(23)5-4-14(3)16-10-21(11-16)17-6-19-12-20-7-17/h6-7,12-16H,4-5,8-11H2,1-3H3/t14-/m0/s1. The van der Waals surface area contributed by atoms with Gasteiger partial charge in [-0.1, -0.05) is 20.8 Å². The Kier molecular flexibility index (Phi) is 4.83. The molecule has 2 aliphatic rings. The summed E-state index contributed by atoms with van der Waals surface area (Å²) in [6, 6.07) is 0. The molecule has 3 heterocycles. The number of aromatic nitrogens is 2. The molecule has 0 N–H and O–H groups in total. The smallest absolute Gasteiger partial charge is 0.222 e. The van der Waals surface area contributed by atoms with Gasteiger partial charge in [0, 0.05) is 32.6 Å². The highest BCUT2D eigenvalue weighted by Gasteiger charge is 2.34. The Morgan fingerprint density at radius 2 is 1.78 bits per heavy atom. The molecule has 126 valence electrons. The molecule has 0 bridgehead atoms. The van der Waals surface area contributed by atoms with E-state index in [4.69, 9.17) is 0 Å². The minimum atomic E-state index is 0.349. The van der Waals surface area contributed by atoms with Gasteiger partial charge in [0.15, 0.2) is 0 Å². The lowest BCUT2D eigenvalue weighted by molar-refractivity contribution is -0.138. The molecule has 5 nitrogen and oxygen atoms in total. The fourth-order valence-electron chi connectivity index (χ4n) is 3.42. The van der Waals surface area contributed by atoms with Crippen LogP contribution in [0.15, 0.2) is 18.7 Å². The van der Waals surface area contributed by atoms with E-state index in [9.17, 15) is 4.79 Å². The highest BCUT2D eigenvalue weighted by Crippen LogP contribution is 2.31. The summed E-state index contributed by atoms with van der Waals surface area (Å²) in [5.74, 6) is 3.04. The third-order valence-electron chi connectivity index (χ3n) is 5.65. The second kappa shape index (κ2) is 6.85. The second-order valence-electron chi connectivity index (χ2n) is 7.58. The molecule has 1 aromatic rings. The third-order valence-corrected chi connectivity index (χ3v) is 5.65. The van der Waals surface area contributed by atoms with Crippen molar-refractivity contribution in [2.45, 2.75) is 33.6 Å². The summed E-state index contributed by atoms with van der Waals surface area (Å²) in [4.78, 5) is 24.7. The molecular formula is C18H28N4O. The van der Waals surface area contributed by atoms with Gasteiger partial charge in [0.05, 0.1) is 18.1 Å². The van der Waals surface area contributed by atoms with Crippen LogP contribution in [-0.2, 0) is 4.79 Å². The van der Waals surface area contributed by atoms with E-state index in [1.165, 1.54) is 0 Å². The largest absolute Gasteiger partial charge is 0.368 e. The Balaban J connectivity index is 1.35. The van der Waals surface area contributed by atoms with Crippen LogP contribution < -0.4 is 4.90 Å². The summed E-state index contributed by atoms with van der Waals surface area (Å²) in [6.07, 6.45) is 7.01. The second-order valence-corrected chi connectivity index (χ2v) is 7.58. The molecule has 1 amide bonds. The van der Waals surface area contributed by atoms with Gasteiger partial charge in [-0.25, -0.2) is 9.97 Å². The van der Waals surface area contributed by atoms with E-state index in [0.29, 0.717) is 36.0 Å². The van der Waals surface area contributed by atoms with Crippen molar-refractivity contribution in [3.05, 3.63) is 18.7 Å². The first kappa shape index (κ1) is 16.2. The lowest BCUT2D eigenvalue weighted by Crippen LogP contribution is -2.52. The van der Waals surface area contributed by atoms with Gasteiger partial charge < -0.3 is 9.80 Å². The van der Waals surface area contributed by atoms with Crippen molar-refractivity contribution in [1.82, 2.24) is 14.9 Å². The van der Waals surface area contributed by atoms with Crippen LogP contribution in [-0.4, -0.2) is 47.0 Å². The summed E-state index contributed by atoms with van der Waals surface area (Å²) in [5.41, 5.74) is 1.10. The predicted octanol–water partition coefficient (Wildman–Crippen LogP) is 2.44. The first-order valence-corrected chi connectivity index (χ1v) is 8.82. The Morgan fingerprint density at radius 3 is 2.39 bits per heavy atom. The molecule has 1 atom stereocenters. The van der Waals surface area contributed by atoms with Gasteiger partial charge in [-0.15, -0.1) is 0 Å². The van der Waals surface area contributed by atoms with E-state index >= 15 is 0 Å². The number of rotatable bonds is 6. The molecule has 0 aliphatic carbocycles. The zero-order valence-corrected chi connectivity index (χ0v) is 14.5. The van der Waals surface area contributed by atoms with Crippen LogP contribution in [0.1, 0.15) is 33.6 Å². The van der Waals surface area contributed by atoms with Crippen LogP contribution in [0.3, 0.4) is 0 Å². The molecule has 2 saturated heterocycles. The highest BCUT2D eigenvalue weighted by molar-refractivity contribution is 5.77. The molecule has 2 fully saturated rings. The Bertz CT molecular complexity index is 521. The van der Waals surface area contributed by atoms with Crippen molar-refractivity contribution in [2.75, 3.05) is 31.1 Å². The molecule has 0 saturated carbocycles. The number of carbonyl (C=O) groups excluding carboxylic acids is 1. The highest BCUT2D eigenvalue weighted by atomic mass is 16.2. The van der Waals surface area contributed by atoms with Crippen molar-refractivity contribution in [2.24, 2.45) is 23.7 Å². The molecule has 0 radical (unpaired) electrons. The minimum Gasteiger partial charge on any atom is -0.368 e. The van der Waals surface area contributed by atoms with E-state index in [1.54, 1.807) is 6.33 Å². The van der Waals surface area contributed by atoms with Crippen LogP contribution >= 0.6 is 0 Å². The van der Waals surface area contributed by atoms with Gasteiger partial charge in [0.1, 0.15) is 6.33 Å². The van der Waals surface area contributed by atoms with E-state index in [0.717, 1.165) is 38.3 Å². The lowest BCUT2D eigenvalue weighted by atomic mass is 9.83. The van der Waals surface area contributed by atoms with Crippen molar-refractivity contribution in [1.29, 1.82) is 0 Å². The van der Waals surface area contributed by atoms with E-state index in [2.05, 4.69) is 35.6 Å².